The molecule has 0 aliphatic heterocycles. The Morgan fingerprint density at radius 3 is 2.13 bits per heavy atom. The molecule has 0 N–H and O–H groups in total. The van der Waals surface area contributed by atoms with Crippen LogP contribution in [0.3, 0.4) is 0 Å². The Balaban J connectivity index is 1.73. The van der Waals surface area contributed by atoms with Crippen molar-refractivity contribution in [3.8, 4) is 5.75 Å². The van der Waals surface area contributed by atoms with E-state index in [1.54, 1.807) is 0 Å². The quantitative estimate of drug-likeness (QED) is 0.347. The zero-order valence-corrected chi connectivity index (χ0v) is 18.0. The maximum absolute atomic E-state index is 15.1. The van der Waals surface area contributed by atoms with Gasteiger partial charge in [0.2, 0.25) is 5.82 Å². The number of hydrogen-bond donors (Lipinski definition) is 0. The maximum atomic E-state index is 15.1. The predicted molar refractivity (Wildman–Crippen MR) is 114 cm³/mol. The number of fused-ring (bicyclic) bond motifs is 3. The molecule has 3 aromatic rings. The van der Waals surface area contributed by atoms with Crippen LogP contribution in [0.15, 0.2) is 16.5 Å². The van der Waals surface area contributed by atoms with Gasteiger partial charge in [-0.3, -0.25) is 0 Å². The van der Waals surface area contributed by atoms with Crippen molar-refractivity contribution in [2.45, 2.75) is 71.1 Å². The molecule has 0 bridgehead atoms. The zero-order valence-electron chi connectivity index (χ0n) is 18.0. The van der Waals surface area contributed by atoms with Crippen LogP contribution in [0, 0.1) is 29.2 Å². The van der Waals surface area contributed by atoms with Gasteiger partial charge in [-0.15, -0.1) is 0 Å². The van der Waals surface area contributed by atoms with Crippen LogP contribution < -0.4 is 4.74 Å². The summed E-state index contributed by atoms with van der Waals surface area (Å²) in [6, 6.07) is 2.67. The fraction of sp³-hybridized carbons (Fsp3) is 0.520. The number of ether oxygens (including phenoxy) is 1. The van der Waals surface area contributed by atoms with Gasteiger partial charge < -0.3 is 9.15 Å². The van der Waals surface area contributed by atoms with Gasteiger partial charge in [-0.2, -0.15) is 4.39 Å². The van der Waals surface area contributed by atoms with Crippen LogP contribution in [-0.2, 0) is 0 Å². The molecular formula is C25H28F4O2. The van der Waals surface area contributed by atoms with E-state index in [0.717, 1.165) is 32.1 Å². The van der Waals surface area contributed by atoms with Gasteiger partial charge in [0.15, 0.2) is 23.2 Å². The zero-order chi connectivity index (χ0) is 22.1. The van der Waals surface area contributed by atoms with Gasteiger partial charge in [-0.05, 0) is 55.6 Å². The fourth-order valence-electron chi connectivity index (χ4n) is 4.82. The monoisotopic (exact) mass is 436 g/mol. The number of rotatable bonds is 7. The lowest BCUT2D eigenvalue weighted by atomic mass is 9.77. The second-order valence-corrected chi connectivity index (χ2v) is 8.65. The molecule has 0 saturated heterocycles. The third kappa shape index (κ3) is 4.01. The van der Waals surface area contributed by atoms with Crippen LogP contribution in [0.4, 0.5) is 17.6 Å². The highest BCUT2D eigenvalue weighted by molar-refractivity contribution is 6.06. The minimum atomic E-state index is -1.29. The second-order valence-electron chi connectivity index (χ2n) is 8.65. The van der Waals surface area contributed by atoms with Crippen molar-refractivity contribution in [1.82, 2.24) is 0 Å². The van der Waals surface area contributed by atoms with E-state index in [2.05, 4.69) is 6.92 Å². The first-order chi connectivity index (χ1) is 15.0. The topological polar surface area (TPSA) is 22.4 Å². The molecule has 4 rings (SSSR count). The number of benzene rings is 2. The first-order valence-corrected chi connectivity index (χ1v) is 11.3. The normalized spacial score (nSPS) is 19.4. The van der Waals surface area contributed by atoms with Crippen LogP contribution in [0.2, 0.25) is 0 Å². The standard InChI is InChI=1S/C25H28F4O2/c1-3-5-6-14-7-9-15(10-8-14)16-12-17-20(24(28)22(16)26)21-18(31-17)13-19(30-11-4-2)23(27)25(21)29/h12-15H,3-11H2,1-2H3. The molecule has 31 heavy (non-hydrogen) atoms. The third-order valence-corrected chi connectivity index (χ3v) is 6.52. The van der Waals surface area contributed by atoms with Crippen LogP contribution >= 0.6 is 0 Å². The van der Waals surface area contributed by atoms with Gasteiger partial charge in [-0.25, -0.2) is 13.2 Å². The van der Waals surface area contributed by atoms with Crippen molar-refractivity contribution in [3.63, 3.8) is 0 Å². The SMILES string of the molecule is CCCCC1CCC(c2cc3oc4cc(OCCC)c(F)c(F)c4c3c(F)c2F)CC1. The average Bonchev–Trinajstić information content (AvgIpc) is 3.15. The summed E-state index contributed by atoms with van der Waals surface area (Å²) >= 11 is 0. The Hall–Kier alpha value is -2.24. The van der Waals surface area contributed by atoms with E-state index in [1.807, 2.05) is 6.92 Å². The lowest BCUT2D eigenvalue weighted by Crippen LogP contribution is -2.15. The molecule has 1 saturated carbocycles. The summed E-state index contributed by atoms with van der Waals surface area (Å²) in [5.41, 5.74) is 0.239. The largest absolute Gasteiger partial charge is 0.490 e. The van der Waals surface area contributed by atoms with E-state index >= 15 is 8.78 Å². The Morgan fingerprint density at radius 1 is 0.839 bits per heavy atom. The highest BCUT2D eigenvalue weighted by atomic mass is 19.2. The van der Waals surface area contributed by atoms with Crippen LogP contribution in [0.5, 0.6) is 5.75 Å². The van der Waals surface area contributed by atoms with Crippen molar-refractivity contribution >= 4 is 21.9 Å². The molecule has 6 heteroatoms. The van der Waals surface area contributed by atoms with E-state index < -0.39 is 23.3 Å². The van der Waals surface area contributed by atoms with E-state index in [4.69, 9.17) is 9.15 Å². The van der Waals surface area contributed by atoms with Gasteiger partial charge >= 0.3 is 0 Å². The molecule has 2 aromatic carbocycles. The van der Waals surface area contributed by atoms with Crippen molar-refractivity contribution in [2.75, 3.05) is 6.61 Å². The van der Waals surface area contributed by atoms with Crippen molar-refractivity contribution < 1.29 is 26.7 Å². The number of furan rings is 1. The summed E-state index contributed by atoms with van der Waals surface area (Å²) < 4.78 is 70.2. The molecule has 2 nitrogen and oxygen atoms in total. The van der Waals surface area contributed by atoms with Crippen molar-refractivity contribution in [1.29, 1.82) is 0 Å². The van der Waals surface area contributed by atoms with Gasteiger partial charge in [0.05, 0.1) is 17.4 Å². The van der Waals surface area contributed by atoms with E-state index in [1.165, 1.54) is 25.0 Å². The molecule has 0 radical (unpaired) electrons. The molecule has 1 aliphatic carbocycles. The van der Waals surface area contributed by atoms with Crippen LogP contribution in [-0.4, -0.2) is 6.61 Å². The highest BCUT2D eigenvalue weighted by Crippen LogP contribution is 2.43. The Morgan fingerprint density at radius 2 is 1.48 bits per heavy atom. The van der Waals surface area contributed by atoms with Crippen molar-refractivity contribution in [2.24, 2.45) is 5.92 Å². The summed E-state index contributed by atoms with van der Waals surface area (Å²) in [6.45, 7) is 4.21. The first-order valence-electron chi connectivity index (χ1n) is 11.3. The Labute approximate surface area is 179 Å². The molecule has 1 aromatic heterocycles. The van der Waals surface area contributed by atoms with E-state index in [0.29, 0.717) is 12.3 Å². The average molecular weight is 436 g/mol. The molecule has 0 atom stereocenters. The van der Waals surface area contributed by atoms with Crippen LogP contribution in [0.1, 0.15) is 76.7 Å². The molecule has 0 amide bonds. The lowest BCUT2D eigenvalue weighted by Gasteiger charge is -2.29. The first kappa shape index (κ1) is 22.0. The molecule has 0 spiro atoms. The van der Waals surface area contributed by atoms with E-state index in [-0.39, 0.29) is 45.8 Å². The molecule has 1 fully saturated rings. The van der Waals surface area contributed by atoms with Crippen molar-refractivity contribution in [3.05, 3.63) is 41.0 Å². The summed E-state index contributed by atoms with van der Waals surface area (Å²) in [6.07, 6.45) is 7.69. The van der Waals surface area contributed by atoms with Crippen LogP contribution in [0.25, 0.3) is 21.9 Å². The summed E-state index contributed by atoms with van der Waals surface area (Å²) in [5.74, 6) is -4.44. The third-order valence-electron chi connectivity index (χ3n) is 6.52. The Bertz CT molecular complexity index is 1080. The van der Waals surface area contributed by atoms with Gasteiger partial charge in [0, 0.05) is 6.07 Å². The lowest BCUT2D eigenvalue weighted by molar-refractivity contribution is 0.296. The molecular weight excluding hydrogens is 408 g/mol. The fourth-order valence-corrected chi connectivity index (χ4v) is 4.82. The van der Waals surface area contributed by atoms with Gasteiger partial charge in [0.25, 0.3) is 0 Å². The van der Waals surface area contributed by atoms with E-state index in [9.17, 15) is 8.78 Å². The Kier molecular flexibility index (Phi) is 6.44. The smallest absolute Gasteiger partial charge is 0.201 e. The number of halogens is 4. The predicted octanol–water partition coefficient (Wildman–Crippen LogP) is 8.40. The summed E-state index contributed by atoms with van der Waals surface area (Å²) in [5, 5.41) is -0.742. The molecule has 1 aliphatic rings. The molecule has 1 heterocycles. The second kappa shape index (κ2) is 9.09. The minimum absolute atomic E-state index is 0.0305. The summed E-state index contributed by atoms with van der Waals surface area (Å²) in [7, 11) is 0. The molecule has 0 unspecified atom stereocenters. The number of hydrogen-bond acceptors (Lipinski definition) is 2. The van der Waals surface area contributed by atoms with Gasteiger partial charge in [0.1, 0.15) is 11.2 Å². The highest BCUT2D eigenvalue weighted by Gasteiger charge is 2.29. The summed E-state index contributed by atoms with van der Waals surface area (Å²) in [4.78, 5) is 0. The minimum Gasteiger partial charge on any atom is -0.490 e. The number of unbranched alkanes of at least 4 members (excludes halogenated alkanes) is 1. The molecule has 168 valence electrons. The van der Waals surface area contributed by atoms with Gasteiger partial charge in [-0.1, -0.05) is 33.1 Å². The maximum Gasteiger partial charge on any atom is 0.201 e.